The number of Topliss-reactive ketones (excluding diaryl/α,β-unsaturated/α-hetero) is 1. The number of thioether (sulfide) groups is 1. The zero-order valence-electron chi connectivity index (χ0n) is 18.9. The fourth-order valence-electron chi connectivity index (χ4n) is 3.92. The molecule has 11 nitrogen and oxygen atoms in total. The number of methoxy groups -OCH3 is 1. The van der Waals surface area contributed by atoms with E-state index in [9.17, 15) is 14.4 Å². The van der Waals surface area contributed by atoms with E-state index >= 15 is 0 Å². The number of rotatable bonds is 9. The number of anilines is 2. The number of benzene rings is 1. The first kappa shape index (κ1) is 23.8. The highest BCUT2D eigenvalue weighted by molar-refractivity contribution is 7.99. The molecule has 0 bridgehead atoms. The molecule has 1 aliphatic rings. The van der Waals surface area contributed by atoms with E-state index in [4.69, 9.17) is 10.5 Å². The van der Waals surface area contributed by atoms with E-state index in [1.807, 2.05) is 34.9 Å². The molecule has 0 spiro atoms. The van der Waals surface area contributed by atoms with Gasteiger partial charge >= 0.3 is 5.69 Å². The quantitative estimate of drug-likeness (QED) is 0.339. The Hall–Kier alpha value is -3.38. The van der Waals surface area contributed by atoms with Crippen LogP contribution in [0.25, 0.3) is 5.69 Å². The molecule has 180 valence electrons. The third-order valence-corrected chi connectivity index (χ3v) is 6.57. The molecule has 1 saturated heterocycles. The van der Waals surface area contributed by atoms with Gasteiger partial charge in [0, 0.05) is 20.2 Å². The maximum absolute atomic E-state index is 13.0. The summed E-state index contributed by atoms with van der Waals surface area (Å²) in [6, 6.07) is 9.70. The Morgan fingerprint density at radius 1 is 1.15 bits per heavy atom. The zero-order valence-corrected chi connectivity index (χ0v) is 19.7. The summed E-state index contributed by atoms with van der Waals surface area (Å²) in [6.45, 7) is 2.11. The lowest BCUT2D eigenvalue weighted by Crippen LogP contribution is -2.37. The second-order valence-electron chi connectivity index (χ2n) is 7.88. The van der Waals surface area contributed by atoms with Crippen molar-refractivity contribution in [3.05, 3.63) is 56.7 Å². The Balaban J connectivity index is 1.62. The molecule has 3 N–H and O–H groups in total. The summed E-state index contributed by atoms with van der Waals surface area (Å²) in [7, 11) is 1.48. The predicted molar refractivity (Wildman–Crippen MR) is 130 cm³/mol. The van der Waals surface area contributed by atoms with Crippen LogP contribution >= 0.6 is 11.8 Å². The fourth-order valence-corrected chi connectivity index (χ4v) is 4.74. The highest BCUT2D eigenvalue weighted by Gasteiger charge is 2.24. The van der Waals surface area contributed by atoms with Crippen molar-refractivity contribution in [1.29, 1.82) is 0 Å². The summed E-state index contributed by atoms with van der Waals surface area (Å²) in [5, 5.41) is 9.29. The second-order valence-corrected chi connectivity index (χ2v) is 8.82. The third-order valence-electron chi connectivity index (χ3n) is 5.64. The lowest BCUT2D eigenvalue weighted by Gasteiger charge is -2.27. The van der Waals surface area contributed by atoms with E-state index in [0.717, 1.165) is 42.1 Å². The van der Waals surface area contributed by atoms with Crippen LogP contribution in [0.5, 0.6) is 0 Å². The van der Waals surface area contributed by atoms with Crippen molar-refractivity contribution in [3.8, 4) is 5.69 Å². The van der Waals surface area contributed by atoms with Gasteiger partial charge in [-0.3, -0.25) is 23.7 Å². The van der Waals surface area contributed by atoms with Crippen LogP contribution in [0.15, 0.2) is 45.1 Å². The van der Waals surface area contributed by atoms with Crippen molar-refractivity contribution >= 4 is 29.3 Å². The number of nitrogens with two attached hydrogens (primary N) is 1. The van der Waals surface area contributed by atoms with Gasteiger partial charge in [0.05, 0.1) is 24.6 Å². The monoisotopic (exact) mass is 485 g/mol. The first-order valence-corrected chi connectivity index (χ1v) is 12.0. The molecule has 0 amide bonds. The molecule has 0 aliphatic carbocycles. The molecule has 1 fully saturated rings. The van der Waals surface area contributed by atoms with Gasteiger partial charge in [-0.05, 0) is 31.4 Å². The molecule has 4 rings (SSSR count). The number of nitrogen functional groups attached to an aromatic ring is 1. The largest absolute Gasteiger partial charge is 0.384 e. The summed E-state index contributed by atoms with van der Waals surface area (Å²) in [4.78, 5) is 41.9. The number of carbonyl (C=O) groups is 1. The van der Waals surface area contributed by atoms with Gasteiger partial charge < -0.3 is 15.4 Å². The Morgan fingerprint density at radius 3 is 2.59 bits per heavy atom. The Morgan fingerprint density at radius 2 is 1.88 bits per heavy atom. The molecule has 2 aromatic heterocycles. The number of hydrogen-bond acceptors (Lipinski definition) is 9. The van der Waals surface area contributed by atoms with Gasteiger partial charge in [0.25, 0.3) is 5.56 Å². The minimum absolute atomic E-state index is 0.0965. The van der Waals surface area contributed by atoms with E-state index < -0.39 is 17.0 Å². The van der Waals surface area contributed by atoms with E-state index in [0.29, 0.717) is 5.16 Å². The molecule has 34 heavy (non-hydrogen) atoms. The molecule has 0 radical (unpaired) electrons. The number of carbonyl (C=O) groups excluding carboxylic acids is 1. The number of aromatic amines is 1. The average Bonchev–Trinajstić information content (AvgIpc) is 3.27. The first-order valence-electron chi connectivity index (χ1n) is 11.0. The molecule has 1 aliphatic heterocycles. The molecule has 3 heterocycles. The minimum Gasteiger partial charge on any atom is -0.384 e. The van der Waals surface area contributed by atoms with E-state index in [-0.39, 0.29) is 30.3 Å². The number of nitrogens with one attached hydrogen (secondary N) is 1. The summed E-state index contributed by atoms with van der Waals surface area (Å²) in [6.07, 6.45) is 3.36. The van der Waals surface area contributed by atoms with Crippen molar-refractivity contribution in [3.63, 3.8) is 0 Å². The van der Waals surface area contributed by atoms with E-state index in [1.54, 1.807) is 0 Å². The molecule has 0 saturated carbocycles. The van der Waals surface area contributed by atoms with Crippen molar-refractivity contribution in [1.82, 2.24) is 24.3 Å². The summed E-state index contributed by atoms with van der Waals surface area (Å²) < 4.78 is 8.04. The summed E-state index contributed by atoms with van der Waals surface area (Å²) in [5.74, 6) is -0.0425. The normalized spacial score (nSPS) is 13.9. The van der Waals surface area contributed by atoms with Crippen LogP contribution in [0.4, 0.5) is 11.8 Å². The van der Waals surface area contributed by atoms with Crippen LogP contribution in [0, 0.1) is 0 Å². The molecular weight excluding hydrogens is 458 g/mol. The lowest BCUT2D eigenvalue weighted by atomic mass is 10.1. The molecular formula is C22H27N7O4S. The van der Waals surface area contributed by atoms with Crippen LogP contribution in [0.1, 0.15) is 29.6 Å². The van der Waals surface area contributed by atoms with Gasteiger partial charge in [0.2, 0.25) is 5.95 Å². The maximum Gasteiger partial charge on any atom is 0.330 e. The van der Waals surface area contributed by atoms with Crippen LogP contribution in [0.2, 0.25) is 0 Å². The predicted octanol–water partition coefficient (Wildman–Crippen LogP) is 1.31. The number of aromatic nitrogens is 5. The number of ether oxygens (including phenoxy) is 1. The average molecular weight is 486 g/mol. The smallest absolute Gasteiger partial charge is 0.330 e. The number of para-hydroxylation sites is 1. The zero-order chi connectivity index (χ0) is 24.1. The SMILES string of the molecule is COCCn1c(N)c(C(=O)CSc2nnc(N3CCCCC3)n2-c2ccccc2)c(=O)[nH]c1=O. The molecule has 0 unspecified atom stereocenters. The van der Waals surface area contributed by atoms with Gasteiger partial charge in [-0.15, -0.1) is 10.2 Å². The number of hydrogen-bond donors (Lipinski definition) is 2. The molecule has 1 aromatic carbocycles. The number of piperidine rings is 1. The first-order chi connectivity index (χ1) is 16.5. The Kier molecular flexibility index (Phi) is 7.48. The van der Waals surface area contributed by atoms with Crippen LogP contribution in [0.3, 0.4) is 0 Å². The van der Waals surface area contributed by atoms with Crippen LogP contribution < -0.4 is 21.9 Å². The highest BCUT2D eigenvalue weighted by Crippen LogP contribution is 2.28. The fraction of sp³-hybridized carbons (Fsp3) is 0.409. The van der Waals surface area contributed by atoms with Crippen LogP contribution in [-0.2, 0) is 11.3 Å². The molecule has 0 atom stereocenters. The van der Waals surface area contributed by atoms with E-state index in [2.05, 4.69) is 20.1 Å². The Bertz CT molecular complexity index is 1260. The van der Waals surface area contributed by atoms with Gasteiger partial charge in [-0.1, -0.05) is 30.0 Å². The maximum atomic E-state index is 13.0. The standard InChI is InChI=1S/C22H27N7O4S/c1-33-13-12-28-18(23)17(19(31)24-21(28)32)16(30)14-34-22-26-25-20(27-10-6-3-7-11-27)29(22)15-8-4-2-5-9-15/h2,4-5,8-9H,3,6-7,10-14,23H2,1H3,(H,24,31,32). The van der Waals surface area contributed by atoms with Crippen molar-refractivity contribution in [2.75, 3.05) is 43.2 Å². The van der Waals surface area contributed by atoms with Gasteiger partial charge in [-0.25, -0.2) is 4.79 Å². The van der Waals surface area contributed by atoms with Crippen molar-refractivity contribution in [2.24, 2.45) is 0 Å². The number of nitrogens with zero attached hydrogens (tertiary/aromatic N) is 5. The number of H-pyrrole nitrogens is 1. The number of ketones is 1. The highest BCUT2D eigenvalue weighted by atomic mass is 32.2. The van der Waals surface area contributed by atoms with Crippen LogP contribution in [-0.4, -0.2) is 62.7 Å². The lowest BCUT2D eigenvalue weighted by molar-refractivity contribution is 0.102. The Labute approximate surface area is 199 Å². The topological polar surface area (TPSA) is 141 Å². The van der Waals surface area contributed by atoms with E-state index in [1.165, 1.54) is 25.3 Å². The van der Waals surface area contributed by atoms with Gasteiger partial charge in [0.1, 0.15) is 11.4 Å². The third kappa shape index (κ3) is 4.92. The second kappa shape index (κ2) is 10.7. The van der Waals surface area contributed by atoms with Gasteiger partial charge in [0.15, 0.2) is 10.9 Å². The summed E-state index contributed by atoms with van der Waals surface area (Å²) >= 11 is 1.17. The minimum atomic E-state index is -0.805. The summed E-state index contributed by atoms with van der Waals surface area (Å²) in [5.41, 5.74) is 5.19. The molecule has 3 aromatic rings. The van der Waals surface area contributed by atoms with Crippen molar-refractivity contribution < 1.29 is 9.53 Å². The molecule has 12 heteroatoms. The van der Waals surface area contributed by atoms with Gasteiger partial charge in [-0.2, -0.15) is 0 Å². The van der Waals surface area contributed by atoms with Crippen molar-refractivity contribution in [2.45, 2.75) is 31.0 Å².